The van der Waals surface area contributed by atoms with Gasteiger partial charge in [0.1, 0.15) is 0 Å². The van der Waals surface area contributed by atoms with Gasteiger partial charge < -0.3 is 10.1 Å². The summed E-state index contributed by atoms with van der Waals surface area (Å²) in [6, 6.07) is 13.1. The van der Waals surface area contributed by atoms with Crippen LogP contribution in [0, 0.1) is 0 Å². The zero-order valence-corrected chi connectivity index (χ0v) is 19.2. The van der Waals surface area contributed by atoms with Gasteiger partial charge in [0.25, 0.3) is 5.91 Å². The topological polar surface area (TPSA) is 92.8 Å². The lowest BCUT2D eigenvalue weighted by Crippen LogP contribution is -2.30. The highest BCUT2D eigenvalue weighted by atomic mass is 32.2. The van der Waals surface area contributed by atoms with Crippen LogP contribution in [0.25, 0.3) is 0 Å². The SMILES string of the molecule is CC[C@@H](C)c1ccccc1NC(=O)COC(=O)c1cccc(S(=O)(=O)N(CC)CC)c1. The van der Waals surface area contributed by atoms with E-state index in [0.29, 0.717) is 18.8 Å². The summed E-state index contributed by atoms with van der Waals surface area (Å²) in [5.74, 6) is -0.951. The van der Waals surface area contributed by atoms with Gasteiger partial charge in [-0.1, -0.05) is 52.0 Å². The summed E-state index contributed by atoms with van der Waals surface area (Å²) in [6.45, 7) is 7.82. The van der Waals surface area contributed by atoms with E-state index in [0.717, 1.165) is 12.0 Å². The number of rotatable bonds is 10. The molecule has 31 heavy (non-hydrogen) atoms. The second-order valence-corrected chi connectivity index (χ2v) is 9.08. The summed E-state index contributed by atoms with van der Waals surface area (Å²) < 4.78 is 31.7. The average molecular weight is 447 g/mol. The van der Waals surface area contributed by atoms with Crippen LogP contribution in [0.15, 0.2) is 53.4 Å². The Bertz CT molecular complexity index is 1020. The Labute approximate surface area is 184 Å². The third-order valence-electron chi connectivity index (χ3n) is 5.13. The molecule has 0 heterocycles. The van der Waals surface area contributed by atoms with Crippen molar-refractivity contribution in [1.82, 2.24) is 4.31 Å². The number of hydrogen-bond donors (Lipinski definition) is 1. The molecule has 0 fully saturated rings. The molecule has 1 atom stereocenters. The Kier molecular flexibility index (Phi) is 8.76. The van der Waals surface area contributed by atoms with Crippen LogP contribution >= 0.6 is 0 Å². The quantitative estimate of drug-likeness (QED) is 0.556. The van der Waals surface area contributed by atoms with E-state index in [1.165, 1.54) is 28.6 Å². The Hall–Kier alpha value is -2.71. The van der Waals surface area contributed by atoms with Crippen molar-refractivity contribution in [3.05, 3.63) is 59.7 Å². The van der Waals surface area contributed by atoms with E-state index in [2.05, 4.69) is 19.2 Å². The van der Waals surface area contributed by atoms with E-state index in [-0.39, 0.29) is 16.4 Å². The van der Waals surface area contributed by atoms with Crippen molar-refractivity contribution in [2.24, 2.45) is 0 Å². The number of carbonyl (C=O) groups excluding carboxylic acids is 2. The lowest BCUT2D eigenvalue weighted by Gasteiger charge is -2.18. The van der Waals surface area contributed by atoms with Crippen molar-refractivity contribution in [2.75, 3.05) is 25.0 Å². The van der Waals surface area contributed by atoms with Crippen molar-refractivity contribution in [2.45, 2.75) is 44.9 Å². The molecule has 1 N–H and O–H groups in total. The minimum Gasteiger partial charge on any atom is -0.452 e. The Morgan fingerprint density at radius 1 is 1.03 bits per heavy atom. The zero-order chi connectivity index (χ0) is 23.0. The van der Waals surface area contributed by atoms with Crippen LogP contribution in [0.1, 0.15) is 56.0 Å². The Morgan fingerprint density at radius 3 is 2.35 bits per heavy atom. The first-order valence-electron chi connectivity index (χ1n) is 10.4. The number of esters is 1. The number of nitrogens with one attached hydrogen (secondary N) is 1. The highest BCUT2D eigenvalue weighted by molar-refractivity contribution is 7.89. The lowest BCUT2D eigenvalue weighted by molar-refractivity contribution is -0.119. The number of sulfonamides is 1. The highest BCUT2D eigenvalue weighted by Crippen LogP contribution is 2.26. The molecule has 0 saturated heterocycles. The molecule has 168 valence electrons. The van der Waals surface area contributed by atoms with Gasteiger partial charge in [0.15, 0.2) is 6.61 Å². The first-order chi connectivity index (χ1) is 14.7. The molecular formula is C23H30N2O5S. The molecule has 0 aromatic heterocycles. The normalized spacial score (nSPS) is 12.4. The van der Waals surface area contributed by atoms with Gasteiger partial charge in [-0.05, 0) is 42.2 Å². The van der Waals surface area contributed by atoms with Crippen molar-refractivity contribution in [3.8, 4) is 0 Å². The van der Waals surface area contributed by atoms with Crippen LogP contribution in [-0.4, -0.2) is 44.3 Å². The zero-order valence-electron chi connectivity index (χ0n) is 18.4. The van der Waals surface area contributed by atoms with E-state index in [4.69, 9.17) is 4.74 Å². The molecule has 0 bridgehead atoms. The fraction of sp³-hybridized carbons (Fsp3) is 0.391. The predicted molar refractivity (Wildman–Crippen MR) is 121 cm³/mol. The third-order valence-corrected chi connectivity index (χ3v) is 7.17. The maximum absolute atomic E-state index is 12.7. The number of hydrogen-bond acceptors (Lipinski definition) is 5. The first kappa shape index (κ1) is 24.6. The molecule has 0 spiro atoms. The number of benzene rings is 2. The largest absolute Gasteiger partial charge is 0.452 e. The van der Waals surface area contributed by atoms with Crippen LogP contribution in [0.4, 0.5) is 5.69 Å². The molecule has 0 saturated carbocycles. The molecule has 0 unspecified atom stereocenters. The second-order valence-electron chi connectivity index (χ2n) is 7.14. The third kappa shape index (κ3) is 6.15. The lowest BCUT2D eigenvalue weighted by atomic mass is 9.97. The Balaban J connectivity index is 2.06. The summed E-state index contributed by atoms with van der Waals surface area (Å²) >= 11 is 0. The van der Waals surface area contributed by atoms with Crippen LogP contribution in [0.3, 0.4) is 0 Å². The van der Waals surface area contributed by atoms with Crippen LogP contribution in [0.2, 0.25) is 0 Å². The van der Waals surface area contributed by atoms with E-state index in [1.54, 1.807) is 13.8 Å². The fourth-order valence-corrected chi connectivity index (χ4v) is 4.66. The van der Waals surface area contributed by atoms with Gasteiger partial charge in [-0.25, -0.2) is 13.2 Å². The van der Waals surface area contributed by atoms with Crippen LogP contribution in [0.5, 0.6) is 0 Å². The minimum absolute atomic E-state index is 0.0117. The molecule has 0 aliphatic heterocycles. The smallest absolute Gasteiger partial charge is 0.338 e. The van der Waals surface area contributed by atoms with Gasteiger partial charge in [0, 0.05) is 18.8 Å². The van der Waals surface area contributed by atoms with E-state index >= 15 is 0 Å². The monoisotopic (exact) mass is 446 g/mol. The molecule has 1 amide bonds. The summed E-state index contributed by atoms with van der Waals surface area (Å²) in [7, 11) is -3.70. The molecule has 8 heteroatoms. The molecular weight excluding hydrogens is 416 g/mol. The molecule has 2 rings (SSSR count). The number of para-hydroxylation sites is 1. The van der Waals surface area contributed by atoms with Gasteiger partial charge in [-0.15, -0.1) is 0 Å². The van der Waals surface area contributed by atoms with Gasteiger partial charge >= 0.3 is 5.97 Å². The summed E-state index contributed by atoms with van der Waals surface area (Å²) in [6.07, 6.45) is 0.925. The standard InChI is InChI=1S/C23H30N2O5S/c1-5-17(4)20-13-8-9-14-21(20)24-22(26)16-30-23(27)18-11-10-12-19(15-18)31(28,29)25(6-2)7-3/h8-15,17H,5-7,16H2,1-4H3,(H,24,26)/t17-/m1/s1. The summed E-state index contributed by atoms with van der Waals surface area (Å²) in [5, 5.41) is 2.78. The number of nitrogens with zero attached hydrogens (tertiary/aromatic N) is 1. The van der Waals surface area contributed by atoms with E-state index in [9.17, 15) is 18.0 Å². The summed E-state index contributed by atoms with van der Waals surface area (Å²) in [5.41, 5.74) is 1.77. The molecule has 2 aromatic rings. The minimum atomic E-state index is -3.70. The number of ether oxygens (including phenoxy) is 1. The fourth-order valence-electron chi connectivity index (χ4n) is 3.16. The van der Waals surface area contributed by atoms with Gasteiger partial charge in [-0.3, -0.25) is 4.79 Å². The van der Waals surface area contributed by atoms with E-state index < -0.39 is 28.5 Å². The molecule has 0 radical (unpaired) electrons. The number of anilines is 1. The molecule has 0 aliphatic rings. The van der Waals surface area contributed by atoms with Gasteiger partial charge in [0.05, 0.1) is 10.5 Å². The molecule has 7 nitrogen and oxygen atoms in total. The maximum Gasteiger partial charge on any atom is 0.338 e. The second kappa shape index (κ2) is 11.1. The summed E-state index contributed by atoms with van der Waals surface area (Å²) in [4.78, 5) is 24.7. The van der Waals surface area contributed by atoms with Gasteiger partial charge in [0.2, 0.25) is 10.0 Å². The molecule has 0 aliphatic carbocycles. The number of amides is 1. The first-order valence-corrected chi connectivity index (χ1v) is 11.8. The van der Waals surface area contributed by atoms with E-state index in [1.807, 2.05) is 24.3 Å². The van der Waals surface area contributed by atoms with Crippen LogP contribution in [-0.2, 0) is 19.6 Å². The van der Waals surface area contributed by atoms with Gasteiger partial charge in [-0.2, -0.15) is 4.31 Å². The van der Waals surface area contributed by atoms with Crippen molar-refractivity contribution < 1.29 is 22.7 Å². The average Bonchev–Trinajstić information content (AvgIpc) is 2.78. The maximum atomic E-state index is 12.7. The van der Waals surface area contributed by atoms with Crippen molar-refractivity contribution in [1.29, 1.82) is 0 Å². The number of carbonyl (C=O) groups is 2. The molecule has 2 aromatic carbocycles. The predicted octanol–water partition coefficient (Wildman–Crippen LogP) is 4.03. The van der Waals surface area contributed by atoms with Crippen molar-refractivity contribution >= 4 is 27.6 Å². The van der Waals surface area contributed by atoms with Crippen molar-refractivity contribution in [3.63, 3.8) is 0 Å². The van der Waals surface area contributed by atoms with Crippen LogP contribution < -0.4 is 5.32 Å². The Morgan fingerprint density at radius 2 is 1.71 bits per heavy atom. The highest BCUT2D eigenvalue weighted by Gasteiger charge is 2.23.